The average molecular weight is 444 g/mol. The standard InChI is InChI=1S/C23H28N2O7/c1-28-15-7-8-18(29-2)16(12-15)17-6-5-9-25(17)23(27)14-10-19(30-3)22(20(11-14)31-4)32-13-21(24)26/h7-8,10-12,17H,5-6,9,13H2,1-4H3,(H2,24,26). The number of methoxy groups -OCH3 is 4. The van der Waals surface area contributed by atoms with E-state index in [9.17, 15) is 9.59 Å². The molecule has 0 radical (unpaired) electrons. The fraction of sp³-hybridized carbons (Fsp3) is 0.391. The van der Waals surface area contributed by atoms with Gasteiger partial charge in [0, 0.05) is 17.7 Å². The van der Waals surface area contributed by atoms with Gasteiger partial charge in [0.2, 0.25) is 5.75 Å². The van der Waals surface area contributed by atoms with Gasteiger partial charge in [0.15, 0.2) is 18.1 Å². The zero-order chi connectivity index (χ0) is 23.3. The molecule has 9 nitrogen and oxygen atoms in total. The second-order valence-corrected chi connectivity index (χ2v) is 7.23. The van der Waals surface area contributed by atoms with E-state index in [0.717, 1.165) is 18.4 Å². The molecule has 0 saturated carbocycles. The van der Waals surface area contributed by atoms with Crippen molar-refractivity contribution in [3.8, 4) is 28.7 Å². The van der Waals surface area contributed by atoms with E-state index >= 15 is 0 Å². The lowest BCUT2D eigenvalue weighted by molar-refractivity contribution is -0.120. The summed E-state index contributed by atoms with van der Waals surface area (Å²) < 4.78 is 27.1. The van der Waals surface area contributed by atoms with E-state index in [-0.39, 0.29) is 35.8 Å². The molecule has 1 unspecified atom stereocenters. The van der Waals surface area contributed by atoms with Crippen molar-refractivity contribution in [2.45, 2.75) is 18.9 Å². The summed E-state index contributed by atoms with van der Waals surface area (Å²) in [5.41, 5.74) is 6.43. The van der Waals surface area contributed by atoms with E-state index in [4.69, 9.17) is 29.4 Å². The summed E-state index contributed by atoms with van der Waals surface area (Å²) in [6.45, 7) is 0.248. The van der Waals surface area contributed by atoms with Crippen LogP contribution in [-0.4, -0.2) is 58.3 Å². The minimum absolute atomic E-state index is 0.171. The minimum Gasteiger partial charge on any atom is -0.497 e. The topological polar surface area (TPSA) is 110 Å². The highest BCUT2D eigenvalue weighted by Gasteiger charge is 2.33. The molecule has 1 heterocycles. The molecule has 172 valence electrons. The molecule has 1 saturated heterocycles. The lowest BCUT2D eigenvalue weighted by atomic mass is 10.0. The molecular weight excluding hydrogens is 416 g/mol. The van der Waals surface area contributed by atoms with Gasteiger partial charge in [0.05, 0.1) is 34.5 Å². The number of primary amides is 1. The molecule has 32 heavy (non-hydrogen) atoms. The first-order valence-corrected chi connectivity index (χ1v) is 10.1. The molecule has 1 fully saturated rings. The Bertz CT molecular complexity index is 967. The van der Waals surface area contributed by atoms with Crippen molar-refractivity contribution in [3.05, 3.63) is 41.5 Å². The largest absolute Gasteiger partial charge is 0.497 e. The molecule has 0 aliphatic carbocycles. The molecule has 9 heteroatoms. The maximum absolute atomic E-state index is 13.5. The van der Waals surface area contributed by atoms with Gasteiger partial charge >= 0.3 is 0 Å². The highest BCUT2D eigenvalue weighted by Crippen LogP contribution is 2.42. The van der Waals surface area contributed by atoms with Crippen molar-refractivity contribution in [1.82, 2.24) is 4.90 Å². The number of rotatable bonds is 9. The summed E-state index contributed by atoms with van der Waals surface area (Å²) in [6, 6.07) is 8.53. The molecule has 0 spiro atoms. The molecule has 3 rings (SSSR count). The van der Waals surface area contributed by atoms with Crippen LogP contribution in [0.25, 0.3) is 0 Å². The van der Waals surface area contributed by atoms with Gasteiger partial charge in [-0.2, -0.15) is 0 Å². The van der Waals surface area contributed by atoms with Crippen LogP contribution in [0.3, 0.4) is 0 Å². The number of ether oxygens (including phenoxy) is 5. The van der Waals surface area contributed by atoms with Gasteiger partial charge in [-0.25, -0.2) is 0 Å². The van der Waals surface area contributed by atoms with Crippen LogP contribution in [0.5, 0.6) is 28.7 Å². The number of carbonyl (C=O) groups is 2. The van der Waals surface area contributed by atoms with E-state index in [1.807, 2.05) is 18.2 Å². The number of likely N-dealkylation sites (tertiary alicyclic amines) is 1. The summed E-state index contributed by atoms with van der Waals surface area (Å²) in [7, 11) is 6.09. The first-order chi connectivity index (χ1) is 15.4. The van der Waals surface area contributed by atoms with Crippen LogP contribution in [0.1, 0.15) is 34.8 Å². The van der Waals surface area contributed by atoms with E-state index in [1.165, 1.54) is 14.2 Å². The third-order valence-electron chi connectivity index (χ3n) is 5.38. The van der Waals surface area contributed by atoms with Crippen LogP contribution in [0.2, 0.25) is 0 Å². The number of carbonyl (C=O) groups excluding carboxylic acids is 2. The van der Waals surface area contributed by atoms with Crippen LogP contribution in [0.15, 0.2) is 30.3 Å². The predicted octanol–water partition coefficient (Wildman–Crippen LogP) is 2.56. The fourth-order valence-electron chi connectivity index (χ4n) is 3.89. The number of nitrogens with zero attached hydrogens (tertiary/aromatic N) is 1. The van der Waals surface area contributed by atoms with Crippen LogP contribution in [0.4, 0.5) is 0 Å². The quantitative estimate of drug-likeness (QED) is 0.633. The predicted molar refractivity (Wildman–Crippen MR) is 117 cm³/mol. The Morgan fingerprint density at radius 1 is 0.969 bits per heavy atom. The molecule has 2 aromatic carbocycles. The first kappa shape index (κ1) is 23.1. The normalized spacial score (nSPS) is 15.2. The van der Waals surface area contributed by atoms with Crippen molar-refractivity contribution in [1.29, 1.82) is 0 Å². The Labute approximate surface area is 186 Å². The highest BCUT2D eigenvalue weighted by atomic mass is 16.5. The zero-order valence-electron chi connectivity index (χ0n) is 18.7. The van der Waals surface area contributed by atoms with Crippen molar-refractivity contribution in [2.75, 3.05) is 41.6 Å². The number of hydrogen-bond acceptors (Lipinski definition) is 7. The Morgan fingerprint density at radius 3 is 2.19 bits per heavy atom. The van der Waals surface area contributed by atoms with E-state index in [1.54, 1.807) is 31.3 Å². The van der Waals surface area contributed by atoms with Crippen LogP contribution < -0.4 is 29.4 Å². The summed E-state index contributed by atoms with van der Waals surface area (Å²) in [5, 5.41) is 0. The molecule has 1 atom stereocenters. The third kappa shape index (κ3) is 4.66. The van der Waals surface area contributed by atoms with Gasteiger partial charge in [-0.3, -0.25) is 9.59 Å². The fourth-order valence-corrected chi connectivity index (χ4v) is 3.89. The molecule has 1 aliphatic heterocycles. The number of hydrogen-bond donors (Lipinski definition) is 1. The molecule has 0 aromatic heterocycles. The molecule has 2 amide bonds. The van der Waals surface area contributed by atoms with Gasteiger partial charge in [0.1, 0.15) is 11.5 Å². The Hall–Kier alpha value is -3.62. The summed E-state index contributed by atoms with van der Waals surface area (Å²) in [6.07, 6.45) is 1.65. The average Bonchev–Trinajstić information content (AvgIpc) is 3.30. The Balaban J connectivity index is 1.97. The summed E-state index contributed by atoms with van der Waals surface area (Å²) >= 11 is 0. The van der Waals surface area contributed by atoms with Crippen molar-refractivity contribution in [2.24, 2.45) is 5.73 Å². The molecule has 2 aromatic rings. The molecule has 1 aliphatic rings. The smallest absolute Gasteiger partial charge is 0.255 e. The second-order valence-electron chi connectivity index (χ2n) is 7.23. The van der Waals surface area contributed by atoms with E-state index in [2.05, 4.69) is 0 Å². The maximum atomic E-state index is 13.5. The third-order valence-corrected chi connectivity index (χ3v) is 5.38. The van der Waals surface area contributed by atoms with Crippen molar-refractivity contribution < 1.29 is 33.3 Å². The molecule has 0 bridgehead atoms. The van der Waals surface area contributed by atoms with Gasteiger partial charge in [-0.1, -0.05) is 0 Å². The van der Waals surface area contributed by atoms with Crippen molar-refractivity contribution in [3.63, 3.8) is 0 Å². The lowest BCUT2D eigenvalue weighted by Gasteiger charge is -2.27. The monoisotopic (exact) mass is 444 g/mol. The van der Waals surface area contributed by atoms with Crippen LogP contribution in [0, 0.1) is 0 Å². The lowest BCUT2D eigenvalue weighted by Crippen LogP contribution is -2.31. The SMILES string of the molecule is COc1ccc(OC)c(C2CCCN2C(=O)c2cc(OC)c(OCC(N)=O)c(OC)c2)c1. The van der Waals surface area contributed by atoms with Crippen LogP contribution >= 0.6 is 0 Å². The number of nitrogens with two attached hydrogens (primary N) is 1. The van der Waals surface area contributed by atoms with E-state index < -0.39 is 5.91 Å². The Kier molecular flexibility index (Phi) is 7.29. The number of benzene rings is 2. The minimum atomic E-state index is -0.638. The second kappa shape index (κ2) is 10.1. The molecule has 2 N–H and O–H groups in total. The van der Waals surface area contributed by atoms with Crippen LogP contribution in [-0.2, 0) is 4.79 Å². The van der Waals surface area contributed by atoms with Gasteiger partial charge in [-0.05, 0) is 43.2 Å². The van der Waals surface area contributed by atoms with Crippen molar-refractivity contribution >= 4 is 11.8 Å². The number of amides is 2. The van der Waals surface area contributed by atoms with Gasteiger partial charge in [-0.15, -0.1) is 0 Å². The van der Waals surface area contributed by atoms with Gasteiger partial charge < -0.3 is 34.3 Å². The summed E-state index contributed by atoms with van der Waals surface area (Å²) in [4.78, 5) is 26.5. The van der Waals surface area contributed by atoms with E-state index in [0.29, 0.717) is 23.6 Å². The Morgan fingerprint density at radius 2 is 1.62 bits per heavy atom. The maximum Gasteiger partial charge on any atom is 0.255 e. The highest BCUT2D eigenvalue weighted by molar-refractivity contribution is 5.96. The zero-order valence-corrected chi connectivity index (χ0v) is 18.7. The summed E-state index contributed by atoms with van der Waals surface area (Å²) in [5.74, 6) is 1.31. The first-order valence-electron chi connectivity index (χ1n) is 10.1. The van der Waals surface area contributed by atoms with Gasteiger partial charge in [0.25, 0.3) is 11.8 Å². The molecular formula is C23H28N2O7.